The van der Waals surface area contributed by atoms with Gasteiger partial charge in [0, 0.05) is 29.8 Å². The third-order valence-electron chi connectivity index (χ3n) is 4.47. The van der Waals surface area contributed by atoms with Crippen molar-refractivity contribution in [2.24, 2.45) is 0 Å². The minimum atomic E-state index is -4.76. The van der Waals surface area contributed by atoms with Crippen molar-refractivity contribution in [2.75, 3.05) is 0 Å². The van der Waals surface area contributed by atoms with Crippen molar-refractivity contribution >= 4 is 0 Å². The Hall–Kier alpha value is -3.89. The van der Waals surface area contributed by atoms with Gasteiger partial charge in [0.25, 0.3) is 5.89 Å². The molecule has 1 aromatic carbocycles. The molecule has 160 valence electrons. The number of benzene rings is 1. The first kappa shape index (κ1) is 20.4. The zero-order chi connectivity index (χ0) is 22.2. The summed E-state index contributed by atoms with van der Waals surface area (Å²) in [6.45, 7) is 3.96. The van der Waals surface area contributed by atoms with Crippen LogP contribution < -0.4 is 9.47 Å². The maximum atomic E-state index is 12.3. The minimum absolute atomic E-state index is 0.162. The van der Waals surface area contributed by atoms with Crippen molar-refractivity contribution in [3.05, 3.63) is 70.8 Å². The molecule has 0 radical (unpaired) electrons. The van der Waals surface area contributed by atoms with Crippen LogP contribution in [0.5, 0.6) is 5.75 Å². The van der Waals surface area contributed by atoms with Crippen molar-refractivity contribution in [1.29, 1.82) is 0 Å². The fraction of sp³-hybridized carbons (Fsp3) is 0.200. The second kappa shape index (κ2) is 7.74. The number of rotatable bonds is 5. The van der Waals surface area contributed by atoms with E-state index in [1.54, 1.807) is 23.7 Å². The smallest absolute Gasteiger partial charge is 0.573 e. The highest BCUT2D eigenvalue weighted by atomic mass is 19.4. The third-order valence-corrected chi connectivity index (χ3v) is 4.47. The lowest BCUT2D eigenvalue weighted by Gasteiger charge is -2.08. The first-order valence-electron chi connectivity index (χ1n) is 9.11. The zero-order valence-electron chi connectivity index (χ0n) is 16.4. The SMILES string of the molecule is Cc1cc(-c2nc(-c3ccc(OC(F)(F)F)cc3)no2)nn1Cc1ccc(C)[n+]([O-])c1. The average molecular weight is 431 g/mol. The average Bonchev–Trinajstić information content (AvgIpc) is 3.32. The summed E-state index contributed by atoms with van der Waals surface area (Å²) in [4.78, 5) is 4.27. The molecule has 0 aliphatic heterocycles. The highest BCUT2D eigenvalue weighted by Crippen LogP contribution is 2.27. The molecule has 8 nitrogen and oxygen atoms in total. The molecule has 0 atom stereocenters. The lowest BCUT2D eigenvalue weighted by Crippen LogP contribution is -2.30. The van der Waals surface area contributed by atoms with E-state index in [0.717, 1.165) is 16.0 Å². The van der Waals surface area contributed by atoms with Gasteiger partial charge in [-0.1, -0.05) is 5.16 Å². The van der Waals surface area contributed by atoms with Crippen LogP contribution in [-0.4, -0.2) is 26.3 Å². The summed E-state index contributed by atoms with van der Waals surface area (Å²) in [6, 6.07) is 10.5. The van der Waals surface area contributed by atoms with Crippen LogP contribution in [-0.2, 0) is 6.54 Å². The summed E-state index contributed by atoms with van der Waals surface area (Å²) < 4.78 is 48.4. The van der Waals surface area contributed by atoms with Crippen LogP contribution in [0.1, 0.15) is 17.0 Å². The van der Waals surface area contributed by atoms with Gasteiger partial charge in [0.1, 0.15) is 5.75 Å². The number of ether oxygens (including phenoxy) is 1. The van der Waals surface area contributed by atoms with E-state index >= 15 is 0 Å². The topological polar surface area (TPSA) is 92.9 Å². The summed E-state index contributed by atoms with van der Waals surface area (Å²) in [6.07, 6.45) is -3.27. The number of aromatic nitrogens is 5. The Balaban J connectivity index is 1.53. The molecule has 3 aromatic heterocycles. The molecule has 31 heavy (non-hydrogen) atoms. The number of pyridine rings is 1. The van der Waals surface area contributed by atoms with Gasteiger partial charge in [-0.2, -0.15) is 14.8 Å². The first-order valence-corrected chi connectivity index (χ1v) is 9.11. The summed E-state index contributed by atoms with van der Waals surface area (Å²) in [5, 5.41) is 20.1. The van der Waals surface area contributed by atoms with Gasteiger partial charge in [0.05, 0.1) is 6.54 Å². The van der Waals surface area contributed by atoms with Crippen LogP contribution in [0.25, 0.3) is 23.0 Å². The quantitative estimate of drug-likeness (QED) is 0.353. The minimum Gasteiger partial charge on any atom is -0.619 e. The molecular formula is C20H16F3N5O3. The van der Waals surface area contributed by atoms with E-state index in [4.69, 9.17) is 4.52 Å². The van der Waals surface area contributed by atoms with Gasteiger partial charge in [0.2, 0.25) is 5.82 Å². The number of halogens is 3. The fourth-order valence-corrected chi connectivity index (χ4v) is 2.89. The Labute approximate surface area is 174 Å². The monoisotopic (exact) mass is 431 g/mol. The zero-order valence-corrected chi connectivity index (χ0v) is 16.4. The van der Waals surface area contributed by atoms with Gasteiger partial charge in [-0.3, -0.25) is 4.68 Å². The molecule has 0 N–H and O–H groups in total. The molecular weight excluding hydrogens is 415 g/mol. The maximum absolute atomic E-state index is 12.3. The van der Waals surface area contributed by atoms with Crippen LogP contribution in [0.4, 0.5) is 13.2 Å². The standard InChI is InChI=1S/C20H16F3N5O3/c1-12-3-4-14(11-28(12)29)10-27-13(2)9-17(25-27)19-24-18(26-31-19)15-5-7-16(8-6-15)30-20(21,22)23/h3-9,11H,10H2,1-2H3. The Kier molecular flexibility index (Phi) is 5.09. The lowest BCUT2D eigenvalue weighted by molar-refractivity contribution is -0.612. The van der Waals surface area contributed by atoms with Crippen LogP contribution >= 0.6 is 0 Å². The molecule has 3 heterocycles. The van der Waals surface area contributed by atoms with Crippen LogP contribution in [0.15, 0.2) is 53.2 Å². The number of alkyl halides is 3. The predicted molar refractivity (Wildman–Crippen MR) is 102 cm³/mol. The summed E-state index contributed by atoms with van der Waals surface area (Å²) in [5.41, 5.74) is 3.10. The third kappa shape index (κ3) is 4.65. The lowest BCUT2D eigenvalue weighted by atomic mass is 10.2. The Bertz CT molecular complexity index is 1220. The van der Waals surface area contributed by atoms with Gasteiger partial charge in [-0.25, -0.2) is 0 Å². The van der Waals surface area contributed by atoms with Crippen molar-refractivity contribution in [3.63, 3.8) is 0 Å². The Morgan fingerprint density at radius 1 is 1.13 bits per heavy atom. The van der Waals surface area contributed by atoms with Crippen LogP contribution in [0.2, 0.25) is 0 Å². The van der Waals surface area contributed by atoms with Gasteiger partial charge in [-0.15, -0.1) is 13.2 Å². The van der Waals surface area contributed by atoms with E-state index < -0.39 is 6.36 Å². The highest BCUT2D eigenvalue weighted by molar-refractivity contribution is 5.58. The van der Waals surface area contributed by atoms with E-state index in [0.29, 0.717) is 23.5 Å². The van der Waals surface area contributed by atoms with E-state index in [-0.39, 0.29) is 17.5 Å². The Morgan fingerprint density at radius 2 is 1.87 bits per heavy atom. The van der Waals surface area contributed by atoms with E-state index in [9.17, 15) is 18.4 Å². The van der Waals surface area contributed by atoms with Crippen LogP contribution in [0.3, 0.4) is 0 Å². The molecule has 0 unspecified atom stereocenters. The van der Waals surface area contributed by atoms with E-state index in [1.165, 1.54) is 30.5 Å². The maximum Gasteiger partial charge on any atom is 0.573 e. The number of aryl methyl sites for hydroxylation is 2. The molecule has 0 aliphatic rings. The van der Waals surface area contributed by atoms with Crippen molar-refractivity contribution in [3.8, 4) is 28.7 Å². The van der Waals surface area contributed by atoms with E-state index in [2.05, 4.69) is 20.0 Å². The molecule has 4 aromatic rings. The molecule has 4 rings (SSSR count). The predicted octanol–water partition coefficient (Wildman–Crippen LogP) is 3.80. The fourth-order valence-electron chi connectivity index (χ4n) is 2.89. The van der Waals surface area contributed by atoms with Gasteiger partial charge in [-0.05, 0) is 43.3 Å². The van der Waals surface area contributed by atoms with Crippen molar-refractivity contribution < 1.29 is 27.2 Å². The number of hydrogen-bond donors (Lipinski definition) is 0. The van der Waals surface area contributed by atoms with Gasteiger partial charge >= 0.3 is 6.36 Å². The van der Waals surface area contributed by atoms with Gasteiger partial charge < -0.3 is 14.5 Å². The Morgan fingerprint density at radius 3 is 2.55 bits per heavy atom. The molecule has 0 spiro atoms. The van der Waals surface area contributed by atoms with E-state index in [1.807, 2.05) is 13.0 Å². The summed E-state index contributed by atoms with van der Waals surface area (Å²) >= 11 is 0. The van der Waals surface area contributed by atoms with Gasteiger partial charge in [0.15, 0.2) is 17.6 Å². The van der Waals surface area contributed by atoms with Crippen molar-refractivity contribution in [1.82, 2.24) is 19.9 Å². The number of hydrogen-bond acceptors (Lipinski definition) is 6. The second-order valence-electron chi connectivity index (χ2n) is 6.83. The normalized spacial score (nSPS) is 11.6. The first-order chi connectivity index (χ1) is 14.7. The van der Waals surface area contributed by atoms with Crippen molar-refractivity contribution in [2.45, 2.75) is 26.8 Å². The highest BCUT2D eigenvalue weighted by Gasteiger charge is 2.31. The molecule has 0 saturated heterocycles. The molecule has 0 aliphatic carbocycles. The molecule has 0 amide bonds. The largest absolute Gasteiger partial charge is 0.619 e. The molecule has 0 bridgehead atoms. The summed E-state index contributed by atoms with van der Waals surface area (Å²) in [7, 11) is 0. The summed E-state index contributed by atoms with van der Waals surface area (Å²) in [5.74, 6) is 0.0202. The second-order valence-corrected chi connectivity index (χ2v) is 6.83. The molecule has 0 saturated carbocycles. The molecule has 11 heteroatoms. The van der Waals surface area contributed by atoms with Crippen LogP contribution in [0, 0.1) is 19.1 Å². The molecule has 0 fully saturated rings. The number of nitrogens with zero attached hydrogens (tertiary/aromatic N) is 5.